The maximum absolute atomic E-state index is 4.34. The Hall–Kier alpha value is -1.25. The second kappa shape index (κ2) is 3.25. The molecule has 0 saturated carbocycles. The van der Waals surface area contributed by atoms with E-state index in [0.29, 0.717) is 0 Å². The molecule has 0 aliphatic rings. The monoisotopic (exact) mass is 172 g/mol. The van der Waals surface area contributed by atoms with Crippen LogP contribution in [0.2, 0.25) is 0 Å². The molecule has 2 nitrogen and oxygen atoms in total. The quantitative estimate of drug-likeness (QED) is 0.610. The average molecular weight is 172 g/mol. The summed E-state index contributed by atoms with van der Waals surface area (Å²) in [6.45, 7) is 3.17. The van der Waals surface area contributed by atoms with Crippen LogP contribution < -0.4 is 5.46 Å². The summed E-state index contributed by atoms with van der Waals surface area (Å²) in [4.78, 5) is 0. The Labute approximate surface area is 79.0 Å². The van der Waals surface area contributed by atoms with Gasteiger partial charge < -0.3 is 0 Å². The highest BCUT2D eigenvalue weighted by atomic mass is 15.3. The number of aryl methyl sites for hydroxylation is 1. The maximum Gasteiger partial charge on any atom is 0.139 e. The van der Waals surface area contributed by atoms with Crippen LogP contribution in [0.5, 0.6) is 0 Å². The van der Waals surface area contributed by atoms with Gasteiger partial charge >= 0.3 is 0 Å². The highest BCUT2D eigenvalue weighted by Crippen LogP contribution is 2.11. The Morgan fingerprint density at radius 1 is 1.46 bits per heavy atom. The van der Waals surface area contributed by atoms with Crippen LogP contribution in [-0.2, 0) is 6.54 Å². The third-order valence-electron chi connectivity index (χ3n) is 2.23. The molecule has 1 heterocycles. The van der Waals surface area contributed by atoms with Gasteiger partial charge in [-0.2, -0.15) is 5.10 Å². The Morgan fingerprint density at radius 2 is 2.31 bits per heavy atom. The van der Waals surface area contributed by atoms with Crippen LogP contribution in [0.15, 0.2) is 24.4 Å². The van der Waals surface area contributed by atoms with Gasteiger partial charge in [-0.3, -0.25) is 4.68 Å². The van der Waals surface area contributed by atoms with Crippen LogP contribution in [-0.4, -0.2) is 17.6 Å². The molecule has 2 aromatic rings. The van der Waals surface area contributed by atoms with E-state index in [1.54, 1.807) is 0 Å². The molecule has 0 saturated heterocycles. The third kappa shape index (κ3) is 1.46. The predicted molar refractivity (Wildman–Crippen MR) is 58.2 cm³/mol. The molecule has 0 unspecified atom stereocenters. The van der Waals surface area contributed by atoms with Crippen molar-refractivity contribution in [2.75, 3.05) is 0 Å². The van der Waals surface area contributed by atoms with Crippen molar-refractivity contribution in [1.82, 2.24) is 9.78 Å². The summed E-state index contributed by atoms with van der Waals surface area (Å²) in [6, 6.07) is 6.46. The molecule has 66 valence electrons. The van der Waals surface area contributed by atoms with Crippen LogP contribution in [0.3, 0.4) is 0 Å². The number of hydrogen-bond donors (Lipinski definition) is 0. The highest BCUT2D eigenvalue weighted by molar-refractivity contribution is 6.33. The van der Waals surface area contributed by atoms with Gasteiger partial charge in [0.25, 0.3) is 0 Å². The van der Waals surface area contributed by atoms with Gasteiger partial charge in [0.1, 0.15) is 7.85 Å². The van der Waals surface area contributed by atoms with E-state index in [0.717, 1.165) is 13.0 Å². The van der Waals surface area contributed by atoms with E-state index in [2.05, 4.69) is 42.7 Å². The molecule has 0 atom stereocenters. The molecule has 0 N–H and O–H groups in total. The van der Waals surface area contributed by atoms with E-state index >= 15 is 0 Å². The molecule has 2 rings (SSSR count). The van der Waals surface area contributed by atoms with Crippen molar-refractivity contribution in [3.05, 3.63) is 24.4 Å². The normalized spacial score (nSPS) is 10.8. The fourth-order valence-corrected chi connectivity index (χ4v) is 1.60. The van der Waals surface area contributed by atoms with Crippen molar-refractivity contribution < 1.29 is 0 Å². The first-order valence-electron chi connectivity index (χ1n) is 4.73. The first-order chi connectivity index (χ1) is 6.31. The van der Waals surface area contributed by atoms with Crippen molar-refractivity contribution in [1.29, 1.82) is 0 Å². The van der Waals surface area contributed by atoms with E-state index < -0.39 is 0 Å². The summed E-state index contributed by atoms with van der Waals surface area (Å²) in [5.41, 5.74) is 2.54. The lowest BCUT2D eigenvalue weighted by atomic mass is 9.95. The van der Waals surface area contributed by atoms with Crippen molar-refractivity contribution in [2.45, 2.75) is 19.9 Å². The first kappa shape index (κ1) is 8.36. The van der Waals surface area contributed by atoms with Gasteiger partial charge in [0.05, 0.1) is 11.7 Å². The zero-order valence-electron chi connectivity index (χ0n) is 8.12. The van der Waals surface area contributed by atoms with E-state index in [-0.39, 0.29) is 0 Å². The predicted octanol–water partition coefficient (Wildman–Crippen LogP) is 0.705. The molecule has 0 aliphatic heterocycles. The van der Waals surface area contributed by atoms with Crippen molar-refractivity contribution >= 4 is 24.2 Å². The molecule has 1 aromatic carbocycles. The lowest BCUT2D eigenvalue weighted by Crippen LogP contribution is -2.01. The second-order valence-corrected chi connectivity index (χ2v) is 3.43. The van der Waals surface area contributed by atoms with E-state index in [1.807, 2.05) is 6.20 Å². The van der Waals surface area contributed by atoms with Crippen LogP contribution in [0.25, 0.3) is 10.9 Å². The standard InChI is InChI=1S/C10H13BN2/c1-2-5-13-10-4-3-9(11)6-8(10)7-12-13/h3-4,6-7H,2,5,11H2,1H3. The van der Waals surface area contributed by atoms with E-state index in [4.69, 9.17) is 0 Å². The first-order valence-corrected chi connectivity index (χ1v) is 4.73. The summed E-state index contributed by atoms with van der Waals surface area (Å²) in [7, 11) is 2.11. The molecule has 13 heavy (non-hydrogen) atoms. The highest BCUT2D eigenvalue weighted by Gasteiger charge is 2.00. The minimum atomic E-state index is 1.01. The van der Waals surface area contributed by atoms with Gasteiger partial charge in [-0.25, -0.2) is 0 Å². The van der Waals surface area contributed by atoms with E-state index in [1.165, 1.54) is 16.4 Å². The van der Waals surface area contributed by atoms with Gasteiger partial charge in [-0.15, -0.1) is 0 Å². The number of aromatic nitrogens is 2. The topological polar surface area (TPSA) is 17.8 Å². The lowest BCUT2D eigenvalue weighted by Gasteiger charge is -2.00. The van der Waals surface area contributed by atoms with Crippen molar-refractivity contribution in [3.63, 3.8) is 0 Å². The van der Waals surface area contributed by atoms with Crippen molar-refractivity contribution in [3.8, 4) is 0 Å². The number of hydrogen-bond acceptors (Lipinski definition) is 1. The van der Waals surface area contributed by atoms with Gasteiger partial charge in [0.2, 0.25) is 0 Å². The smallest absolute Gasteiger partial charge is 0.139 e. The fourth-order valence-electron chi connectivity index (χ4n) is 1.60. The fraction of sp³-hybridized carbons (Fsp3) is 0.300. The minimum absolute atomic E-state index is 1.01. The van der Waals surface area contributed by atoms with Crippen LogP contribution in [0.1, 0.15) is 13.3 Å². The van der Waals surface area contributed by atoms with Gasteiger partial charge in [-0.05, 0) is 12.5 Å². The summed E-state index contributed by atoms with van der Waals surface area (Å²) >= 11 is 0. The summed E-state index contributed by atoms with van der Waals surface area (Å²) in [5.74, 6) is 0. The Balaban J connectivity index is 2.55. The van der Waals surface area contributed by atoms with Crippen LogP contribution in [0.4, 0.5) is 0 Å². The molecule has 1 aromatic heterocycles. The average Bonchev–Trinajstić information content (AvgIpc) is 2.49. The molecule has 0 amide bonds. The number of benzene rings is 1. The molecule has 0 fully saturated rings. The van der Waals surface area contributed by atoms with Gasteiger partial charge in [-0.1, -0.05) is 24.5 Å². The Kier molecular flexibility index (Phi) is 2.09. The summed E-state index contributed by atoms with van der Waals surface area (Å²) in [6.07, 6.45) is 3.07. The lowest BCUT2D eigenvalue weighted by molar-refractivity contribution is 0.622. The maximum atomic E-state index is 4.34. The number of rotatable bonds is 2. The van der Waals surface area contributed by atoms with Crippen LogP contribution in [0, 0.1) is 0 Å². The molecular formula is C10H13BN2. The zero-order valence-corrected chi connectivity index (χ0v) is 8.12. The van der Waals surface area contributed by atoms with Gasteiger partial charge in [0, 0.05) is 11.9 Å². The molecule has 0 bridgehead atoms. The Bertz CT molecular complexity index is 420. The molecule has 0 aliphatic carbocycles. The number of fused-ring (bicyclic) bond motifs is 1. The van der Waals surface area contributed by atoms with Crippen LogP contribution >= 0.6 is 0 Å². The number of nitrogens with zero attached hydrogens (tertiary/aromatic N) is 2. The Morgan fingerprint density at radius 3 is 3.08 bits per heavy atom. The molecular weight excluding hydrogens is 159 g/mol. The zero-order chi connectivity index (χ0) is 9.26. The summed E-state index contributed by atoms with van der Waals surface area (Å²) in [5, 5.41) is 5.59. The molecule has 3 heteroatoms. The van der Waals surface area contributed by atoms with Crippen molar-refractivity contribution in [2.24, 2.45) is 0 Å². The molecule has 0 spiro atoms. The summed E-state index contributed by atoms with van der Waals surface area (Å²) < 4.78 is 2.06. The SMILES string of the molecule is Bc1ccc2c(cnn2CCC)c1. The second-order valence-electron chi connectivity index (χ2n) is 3.43. The van der Waals surface area contributed by atoms with Gasteiger partial charge in [0.15, 0.2) is 0 Å². The van der Waals surface area contributed by atoms with E-state index in [9.17, 15) is 0 Å². The largest absolute Gasteiger partial charge is 0.265 e. The third-order valence-corrected chi connectivity index (χ3v) is 2.23. The minimum Gasteiger partial charge on any atom is -0.265 e. The molecule has 0 radical (unpaired) electrons.